The maximum Gasteiger partial charge on any atom is 1.00 e. The molecule has 0 radical (unpaired) electrons. The molecule has 0 rings (SSSR count). The van der Waals surface area contributed by atoms with Crippen molar-refractivity contribution in [3.05, 3.63) is 0 Å². The number of hydrogen-bond donors (Lipinski definition) is 1. The Bertz CT molecular complexity index is 45.2. The molecule has 10 heteroatoms. The molecular formula is C2H6K4O5Si. The average molecular weight is 295 g/mol. The maximum absolute atomic E-state index is 8.58. The van der Waals surface area contributed by atoms with Crippen LogP contribution in [0.1, 0.15) is 6.92 Å². The third-order valence-electron chi connectivity index (χ3n) is 0. The summed E-state index contributed by atoms with van der Waals surface area (Å²) in [5.41, 5.74) is 0. The Morgan fingerprint density at radius 3 is 0.917 bits per heavy atom. The van der Waals surface area contributed by atoms with Gasteiger partial charge in [0.2, 0.25) is 0 Å². The topological polar surface area (TPSA) is 112 Å². The molecule has 52 valence electrons. The first-order valence-electron chi connectivity index (χ1n) is 1.84. The molecule has 1 N–H and O–H groups in total. The van der Waals surface area contributed by atoms with Crippen molar-refractivity contribution >= 4 is 9.05 Å². The molecule has 5 nitrogen and oxygen atoms in total. The summed E-state index contributed by atoms with van der Waals surface area (Å²) in [6.45, 7) is 1.93. The minimum absolute atomic E-state index is 0. The summed E-state index contributed by atoms with van der Waals surface area (Å²) >= 11 is 0. The van der Waals surface area contributed by atoms with E-state index in [0.717, 1.165) is 0 Å². The fraction of sp³-hybridized carbons (Fsp3) is 1.00. The predicted molar refractivity (Wildman–Crippen MR) is 18.5 cm³/mol. The second-order valence-corrected chi connectivity index (χ2v) is 1.82. The summed E-state index contributed by atoms with van der Waals surface area (Å²) in [6, 6.07) is 0. The molecule has 0 aliphatic carbocycles. The molecule has 0 bridgehead atoms. The van der Waals surface area contributed by atoms with E-state index in [-0.39, 0.29) is 212 Å². The molecule has 0 aromatic rings. The van der Waals surface area contributed by atoms with Gasteiger partial charge >= 0.3 is 206 Å². The Kier molecular flexibility index (Phi) is 79.2. The molecule has 0 aromatic carbocycles. The van der Waals surface area contributed by atoms with Gasteiger partial charge in [-0.2, -0.15) is 0 Å². The van der Waals surface area contributed by atoms with Crippen LogP contribution in [0.2, 0.25) is 0 Å². The SMILES string of the molecule is CCO.[K+].[K+].[K+].[K+].[O-][Si]([O-])([O-])[O-]. The van der Waals surface area contributed by atoms with E-state index in [1.807, 2.05) is 0 Å². The van der Waals surface area contributed by atoms with Crippen LogP contribution in [-0.4, -0.2) is 20.8 Å². The van der Waals surface area contributed by atoms with E-state index >= 15 is 0 Å². The van der Waals surface area contributed by atoms with Crippen LogP contribution >= 0.6 is 0 Å². The van der Waals surface area contributed by atoms with Gasteiger partial charge in [0.05, 0.1) is 0 Å². The van der Waals surface area contributed by atoms with Gasteiger partial charge in [0.1, 0.15) is 0 Å². The Labute approximate surface area is 244 Å². The van der Waals surface area contributed by atoms with Crippen LogP contribution in [-0.2, 0) is 0 Å². The van der Waals surface area contributed by atoms with Gasteiger partial charge in [-0.1, -0.05) is 0 Å². The van der Waals surface area contributed by atoms with Gasteiger partial charge in [0, 0.05) is 6.61 Å². The molecule has 0 aliphatic heterocycles. The normalized spacial score (nSPS) is 6.50. The summed E-state index contributed by atoms with van der Waals surface area (Å²) in [6.07, 6.45) is 0. The molecule has 0 saturated heterocycles. The monoisotopic (exact) mass is 294 g/mol. The molecule has 0 aromatic heterocycles. The molecule has 0 amide bonds. The maximum atomic E-state index is 8.58. The number of aliphatic hydroxyl groups is 1. The van der Waals surface area contributed by atoms with Crippen molar-refractivity contribution in [1.82, 2.24) is 0 Å². The first-order chi connectivity index (χ1) is 3.41. The Hall–Kier alpha value is 6.56. The van der Waals surface area contributed by atoms with Crippen LogP contribution in [0.25, 0.3) is 0 Å². The van der Waals surface area contributed by atoms with Crippen molar-refractivity contribution in [3.8, 4) is 0 Å². The summed E-state index contributed by atoms with van der Waals surface area (Å²) in [7, 11) is -5.61. The third-order valence-corrected chi connectivity index (χ3v) is 0. The van der Waals surface area contributed by atoms with Crippen LogP contribution in [0.5, 0.6) is 0 Å². The van der Waals surface area contributed by atoms with E-state index in [4.69, 9.17) is 24.3 Å². The standard InChI is InChI=1S/C2H6O.4K.O4Si/c1-2-3;;;;;1-5(2,3)4/h3H,2H2,1H3;;;;;/q;4*+1;-4. The van der Waals surface area contributed by atoms with E-state index in [1.165, 1.54) is 0 Å². The molecule has 12 heavy (non-hydrogen) atoms. The molecule has 0 fully saturated rings. The molecule has 0 heterocycles. The minimum Gasteiger partial charge on any atom is -0.894 e. The van der Waals surface area contributed by atoms with Gasteiger partial charge in [0.25, 0.3) is 0 Å². The summed E-state index contributed by atoms with van der Waals surface area (Å²) in [5, 5.41) is 7.57. The van der Waals surface area contributed by atoms with Crippen molar-refractivity contribution in [3.63, 3.8) is 0 Å². The fourth-order valence-electron chi connectivity index (χ4n) is 0. The average Bonchev–Trinajstić information content (AvgIpc) is 1.27. The third kappa shape index (κ3) is 93.1. The molecule has 0 saturated carbocycles. The number of hydrogen-bond acceptors (Lipinski definition) is 5. The number of rotatable bonds is 0. The molecule has 0 atom stereocenters. The largest absolute Gasteiger partial charge is 1.00 e. The van der Waals surface area contributed by atoms with Gasteiger partial charge < -0.3 is 33.3 Å². The van der Waals surface area contributed by atoms with Crippen molar-refractivity contribution < 1.29 is 230 Å². The fourth-order valence-corrected chi connectivity index (χ4v) is 0. The zero-order valence-corrected chi connectivity index (χ0v) is 21.8. The van der Waals surface area contributed by atoms with Crippen LogP contribution in [0, 0.1) is 0 Å². The Morgan fingerprint density at radius 2 is 0.917 bits per heavy atom. The van der Waals surface area contributed by atoms with E-state index in [2.05, 4.69) is 0 Å². The van der Waals surface area contributed by atoms with Gasteiger partial charge in [-0.05, 0) is 6.92 Å². The van der Waals surface area contributed by atoms with Crippen molar-refractivity contribution in [2.45, 2.75) is 6.92 Å². The molecule has 0 spiro atoms. The van der Waals surface area contributed by atoms with Crippen LogP contribution in [0.4, 0.5) is 0 Å². The smallest absolute Gasteiger partial charge is 0.894 e. The van der Waals surface area contributed by atoms with Gasteiger partial charge in [0.15, 0.2) is 0 Å². The van der Waals surface area contributed by atoms with E-state index in [9.17, 15) is 0 Å². The van der Waals surface area contributed by atoms with E-state index in [1.54, 1.807) is 6.92 Å². The quantitative estimate of drug-likeness (QED) is 0.446. The second kappa shape index (κ2) is 26.2. The summed E-state index contributed by atoms with van der Waals surface area (Å²) in [5.74, 6) is 0. The Morgan fingerprint density at radius 1 is 0.917 bits per heavy atom. The molecule has 0 unspecified atom stereocenters. The van der Waals surface area contributed by atoms with E-state index in [0.29, 0.717) is 0 Å². The predicted octanol–water partition coefficient (Wildman–Crippen LogP) is -17.1. The van der Waals surface area contributed by atoms with Gasteiger partial charge in [-0.25, -0.2) is 0 Å². The van der Waals surface area contributed by atoms with Crippen molar-refractivity contribution in [2.75, 3.05) is 6.61 Å². The van der Waals surface area contributed by atoms with Gasteiger partial charge in [-0.3, -0.25) is 0 Å². The first-order valence-corrected chi connectivity index (χ1v) is 3.47. The summed E-state index contributed by atoms with van der Waals surface area (Å²) in [4.78, 5) is 34.3. The van der Waals surface area contributed by atoms with Crippen molar-refractivity contribution in [2.24, 2.45) is 0 Å². The van der Waals surface area contributed by atoms with Crippen LogP contribution in [0.15, 0.2) is 0 Å². The molecular weight excluding hydrogens is 288 g/mol. The zero-order chi connectivity index (χ0) is 7.21. The summed E-state index contributed by atoms with van der Waals surface area (Å²) < 4.78 is 0. The first kappa shape index (κ1) is 36.3. The minimum atomic E-state index is -5.61. The molecule has 0 aliphatic rings. The Balaban J connectivity index is -0.0000000119. The van der Waals surface area contributed by atoms with Crippen LogP contribution < -0.4 is 225 Å². The zero-order valence-electron chi connectivity index (χ0n) is 8.29. The van der Waals surface area contributed by atoms with E-state index < -0.39 is 9.05 Å². The second-order valence-electron chi connectivity index (χ2n) is 0.816. The number of aliphatic hydroxyl groups excluding tert-OH is 1. The van der Waals surface area contributed by atoms with Crippen LogP contribution in [0.3, 0.4) is 0 Å². The van der Waals surface area contributed by atoms with Gasteiger partial charge in [-0.15, -0.1) is 0 Å². The van der Waals surface area contributed by atoms with Crippen molar-refractivity contribution in [1.29, 1.82) is 0 Å².